The minimum absolute atomic E-state index is 0.814. The van der Waals surface area contributed by atoms with E-state index in [1.54, 1.807) is 0 Å². The Morgan fingerprint density at radius 1 is 0.465 bits per heavy atom. The summed E-state index contributed by atoms with van der Waals surface area (Å²) in [4.78, 5) is 34.4. The van der Waals surface area contributed by atoms with Crippen molar-refractivity contribution in [1.82, 2.24) is 29.9 Å². The van der Waals surface area contributed by atoms with Crippen molar-refractivity contribution in [1.29, 1.82) is 0 Å². The zero-order valence-corrected chi connectivity index (χ0v) is 39.2. The van der Waals surface area contributed by atoms with Gasteiger partial charge in [0.05, 0.1) is 66.9 Å². The first-order chi connectivity index (χ1) is 34.9. The Morgan fingerprint density at radius 2 is 1.11 bits per heavy atom. The van der Waals surface area contributed by atoms with Gasteiger partial charge in [0.15, 0.2) is 0 Å². The van der Waals surface area contributed by atoms with Crippen LogP contribution in [0.5, 0.6) is 0 Å². The van der Waals surface area contributed by atoms with Crippen molar-refractivity contribution in [2.75, 3.05) is 0 Å². The van der Waals surface area contributed by atoms with Gasteiger partial charge in [0, 0.05) is 65.6 Å². The van der Waals surface area contributed by atoms with Crippen molar-refractivity contribution in [2.24, 2.45) is 4.99 Å². The Labute approximate surface area is 408 Å². The number of H-pyrrole nitrogens is 2. The molecule has 2 aliphatic heterocycles. The quantitative estimate of drug-likeness (QED) is 0.181. The lowest BCUT2D eigenvalue weighted by molar-refractivity contribution is 1.23. The molecule has 0 atom stereocenters. The number of para-hydroxylation sites is 4. The first-order valence-electron chi connectivity index (χ1n) is 24.1. The molecule has 2 N–H and O–H groups in total. The number of fused-ring (bicyclic) bond motifs is 14. The van der Waals surface area contributed by atoms with Crippen molar-refractivity contribution < 1.29 is 0 Å². The van der Waals surface area contributed by atoms with Crippen LogP contribution in [0.15, 0.2) is 199 Å². The molecule has 71 heavy (non-hydrogen) atoms. The molecule has 7 heteroatoms. The fourth-order valence-corrected chi connectivity index (χ4v) is 10.7. The summed E-state index contributed by atoms with van der Waals surface area (Å²) in [6.07, 6.45) is 2.21. The number of nitrogens with zero attached hydrogens (tertiary/aromatic N) is 5. The van der Waals surface area contributed by atoms with Gasteiger partial charge in [-0.3, -0.25) is 0 Å². The molecule has 2 aliphatic rings. The number of aromatic amines is 2. The maximum atomic E-state index is 5.55. The standard InChI is InChI=1S/C64H43N7/c1-36(2)44-17-4-12-37(3)49-22-9-23-50(65-49)46-19-6-14-41-33-56(69-62(41)46)59(55-32-40-13-5-18-45(44)61(40)68-55)38-28-30-39(31-29-38)60-57-34-42-15-7-20-47(63(42)70-57)51-24-10-26-53(66-51)54-27-11-25-52(67-54)48-21-8-16-43-35-58(60)71-64(43)48/h4-35,69-70H,1-3H3. The Hall–Kier alpha value is -9.33. The number of hydrogen-bond donors (Lipinski definition) is 2. The number of benzene rings is 5. The molecule has 0 radical (unpaired) electrons. The van der Waals surface area contributed by atoms with Crippen molar-refractivity contribution in [2.45, 2.75) is 20.8 Å². The molecule has 12 aromatic rings. The lowest BCUT2D eigenvalue weighted by Crippen LogP contribution is -2.23. The van der Waals surface area contributed by atoms with Crippen molar-refractivity contribution in [3.8, 4) is 45.0 Å². The van der Waals surface area contributed by atoms with Crippen LogP contribution in [-0.4, -0.2) is 29.9 Å². The third-order valence-corrected chi connectivity index (χ3v) is 14.2. The number of aryl methyl sites for hydroxylation is 1. The Kier molecular flexibility index (Phi) is 9.10. The second-order valence-corrected chi connectivity index (χ2v) is 18.8. The maximum Gasteiger partial charge on any atom is 0.0893 e. The SMILES string of the molecule is CC(C)=c1cccc(C)c2cccc(n2)c2cccc3cc([nH]c32)c(-c2ccc(C3=C4C=c5cccc(c5=N4)-c4cccc(n4)-c4cccc(n4)-c4cccc5cc3[nH]c45)cc2)c2cc3cccc1c3n2. The molecule has 14 bridgehead atoms. The smallest absolute Gasteiger partial charge is 0.0893 e. The molecule has 0 spiro atoms. The Balaban J connectivity index is 1.04. The molecule has 0 saturated heterocycles. The predicted octanol–water partition coefficient (Wildman–Crippen LogP) is 13.6. The first-order valence-corrected chi connectivity index (χ1v) is 24.1. The van der Waals surface area contributed by atoms with E-state index in [1.807, 2.05) is 12.1 Å². The number of pyridine rings is 3. The number of aromatic nitrogens is 6. The van der Waals surface area contributed by atoms with Gasteiger partial charge in [-0.2, -0.15) is 0 Å². The fourth-order valence-electron chi connectivity index (χ4n) is 10.7. The minimum atomic E-state index is 0.814. The zero-order chi connectivity index (χ0) is 47.3. The topological polar surface area (TPSA) is 95.5 Å². The van der Waals surface area contributed by atoms with E-state index in [4.69, 9.17) is 24.9 Å². The number of allylic oxidation sites excluding steroid dienone is 1. The Bertz CT molecular complexity index is 4610. The highest BCUT2D eigenvalue weighted by atomic mass is 14.8. The van der Waals surface area contributed by atoms with Crippen LogP contribution >= 0.6 is 0 Å². The summed E-state index contributed by atoms with van der Waals surface area (Å²) in [5.41, 5.74) is 20.3. The first kappa shape index (κ1) is 40.7. The molecule has 334 valence electrons. The summed E-state index contributed by atoms with van der Waals surface area (Å²) >= 11 is 0. The summed E-state index contributed by atoms with van der Waals surface area (Å²) in [5.74, 6) is 0. The van der Waals surface area contributed by atoms with E-state index in [0.717, 1.165) is 154 Å². The van der Waals surface area contributed by atoms with Crippen molar-refractivity contribution in [3.05, 3.63) is 226 Å². The van der Waals surface area contributed by atoms with E-state index < -0.39 is 0 Å². The van der Waals surface area contributed by atoms with E-state index in [-0.39, 0.29) is 0 Å². The third kappa shape index (κ3) is 6.69. The van der Waals surface area contributed by atoms with Crippen LogP contribution in [-0.2, 0) is 0 Å². The van der Waals surface area contributed by atoms with Crippen LogP contribution in [0.1, 0.15) is 30.7 Å². The van der Waals surface area contributed by atoms with Gasteiger partial charge >= 0.3 is 0 Å². The van der Waals surface area contributed by atoms with Gasteiger partial charge in [-0.05, 0) is 103 Å². The van der Waals surface area contributed by atoms with E-state index in [2.05, 4.69) is 213 Å². The fraction of sp³-hybridized carbons (Fsp3) is 0.0469. The van der Waals surface area contributed by atoms with Crippen LogP contribution in [0.2, 0.25) is 0 Å². The van der Waals surface area contributed by atoms with Gasteiger partial charge < -0.3 is 9.97 Å². The maximum absolute atomic E-state index is 5.55. The van der Waals surface area contributed by atoms with E-state index >= 15 is 0 Å². The van der Waals surface area contributed by atoms with Crippen LogP contribution in [0.4, 0.5) is 0 Å². The molecule has 0 unspecified atom stereocenters. The molecule has 0 amide bonds. The van der Waals surface area contributed by atoms with Gasteiger partial charge in [-0.25, -0.2) is 24.9 Å². The van der Waals surface area contributed by atoms with Gasteiger partial charge in [-0.15, -0.1) is 0 Å². The van der Waals surface area contributed by atoms with Gasteiger partial charge in [0.2, 0.25) is 0 Å². The molecule has 14 rings (SSSR count). The average molecular weight is 910 g/mol. The summed E-state index contributed by atoms with van der Waals surface area (Å²) < 4.78 is 0. The molecule has 5 aromatic carbocycles. The molecule has 7 nitrogen and oxygen atoms in total. The lowest BCUT2D eigenvalue weighted by atomic mass is 9.96. The highest BCUT2D eigenvalue weighted by Crippen LogP contribution is 2.39. The largest absolute Gasteiger partial charge is 0.354 e. The predicted molar refractivity (Wildman–Crippen MR) is 292 cm³/mol. The van der Waals surface area contributed by atoms with Crippen molar-refractivity contribution >= 4 is 82.8 Å². The van der Waals surface area contributed by atoms with Gasteiger partial charge in [0.1, 0.15) is 0 Å². The molecular weight excluding hydrogens is 867 g/mol. The average Bonchev–Trinajstić information content (AvgIpc) is 4.23. The molecule has 0 fully saturated rings. The molecule has 9 heterocycles. The molecule has 0 saturated carbocycles. The van der Waals surface area contributed by atoms with E-state index in [0.29, 0.717) is 0 Å². The van der Waals surface area contributed by atoms with Gasteiger partial charge in [0.25, 0.3) is 0 Å². The van der Waals surface area contributed by atoms with Crippen LogP contribution < -0.4 is 15.8 Å². The lowest BCUT2D eigenvalue weighted by Gasteiger charge is -2.10. The highest BCUT2D eigenvalue weighted by Gasteiger charge is 2.21. The van der Waals surface area contributed by atoms with Crippen molar-refractivity contribution in [3.63, 3.8) is 0 Å². The normalized spacial score (nSPS) is 12.6. The second kappa shape index (κ2) is 15.9. The summed E-state index contributed by atoms with van der Waals surface area (Å²) in [6.45, 7) is 6.46. The van der Waals surface area contributed by atoms with E-state index in [9.17, 15) is 0 Å². The third-order valence-electron chi connectivity index (χ3n) is 14.2. The molecular formula is C64H43N7. The van der Waals surface area contributed by atoms with Crippen LogP contribution in [0, 0.1) is 6.92 Å². The zero-order valence-electron chi connectivity index (χ0n) is 39.2. The second-order valence-electron chi connectivity index (χ2n) is 18.8. The number of hydrogen-bond acceptors (Lipinski definition) is 5. The van der Waals surface area contributed by atoms with Crippen LogP contribution in [0.3, 0.4) is 0 Å². The number of rotatable bonds is 2. The van der Waals surface area contributed by atoms with Crippen LogP contribution in [0.25, 0.3) is 128 Å². The Morgan fingerprint density at radius 3 is 1.93 bits per heavy atom. The minimum Gasteiger partial charge on any atom is -0.354 e. The van der Waals surface area contributed by atoms with E-state index in [1.165, 1.54) is 5.57 Å². The molecule has 7 aromatic heterocycles. The summed E-state index contributed by atoms with van der Waals surface area (Å²) in [6, 6.07) is 66.5. The van der Waals surface area contributed by atoms with Gasteiger partial charge in [-0.1, -0.05) is 139 Å². The summed E-state index contributed by atoms with van der Waals surface area (Å²) in [5, 5.41) is 8.51. The monoisotopic (exact) mass is 909 g/mol. The number of nitrogens with one attached hydrogen (secondary N) is 2. The highest BCUT2D eigenvalue weighted by molar-refractivity contribution is 6.10. The molecule has 0 aliphatic carbocycles. The summed E-state index contributed by atoms with van der Waals surface area (Å²) in [7, 11) is 0.